The van der Waals surface area contributed by atoms with E-state index in [0.29, 0.717) is 3.83 Å². The van der Waals surface area contributed by atoms with Crippen LogP contribution in [0.2, 0.25) is 0 Å². The van der Waals surface area contributed by atoms with E-state index in [9.17, 15) is 0 Å². The zero-order chi connectivity index (χ0) is 13.1. The first kappa shape index (κ1) is 11.6. The molecular formula is C5IN13. The molecule has 0 bridgehead atoms. The van der Waals surface area contributed by atoms with Gasteiger partial charge in [0.15, 0.2) is 3.83 Å². The third-order valence-electron chi connectivity index (χ3n) is 1.73. The van der Waals surface area contributed by atoms with Crippen molar-refractivity contribution in [3.63, 3.8) is 0 Å². The lowest BCUT2D eigenvalue weighted by molar-refractivity contribution is 0.676. The second-order valence-electron chi connectivity index (χ2n) is 2.84. The van der Waals surface area contributed by atoms with Gasteiger partial charge in [-0.3, -0.25) is 0 Å². The van der Waals surface area contributed by atoms with Crippen LogP contribution in [0.3, 0.4) is 0 Å². The van der Waals surface area contributed by atoms with E-state index >= 15 is 0 Å². The molecule has 0 aliphatic heterocycles. The van der Waals surface area contributed by atoms with E-state index in [0.717, 1.165) is 0 Å². The van der Waals surface area contributed by atoms with Crippen molar-refractivity contribution >= 4 is 22.6 Å². The van der Waals surface area contributed by atoms with Crippen LogP contribution in [0.15, 0.2) is 0 Å². The van der Waals surface area contributed by atoms with Crippen LogP contribution in [0, 0.1) is 3.83 Å². The number of hydrogen-bond acceptors (Lipinski definition) is 13. The van der Waals surface area contributed by atoms with Crippen LogP contribution in [-0.4, -0.2) is 66.6 Å². The van der Waals surface area contributed by atoms with Gasteiger partial charge in [0, 0.05) is 22.6 Å². The fraction of sp³-hybridized carbons (Fsp3) is 0. The maximum absolute atomic E-state index is 4.08. The molecule has 0 radical (unpaired) electrons. The lowest BCUT2D eigenvalue weighted by atomic mass is 10.5. The normalized spacial score (nSPS) is 10.4. The van der Waals surface area contributed by atoms with E-state index in [1.165, 1.54) is 0 Å². The molecule has 0 saturated heterocycles. The summed E-state index contributed by atoms with van der Waals surface area (Å²) in [6, 6.07) is 0. The molecule has 0 aliphatic rings. The Kier molecular flexibility index (Phi) is 3.04. The van der Waals surface area contributed by atoms with Gasteiger partial charge in [0.1, 0.15) is 0 Å². The molecule has 0 aliphatic carbocycles. The van der Waals surface area contributed by atoms with Crippen molar-refractivity contribution in [2.24, 2.45) is 0 Å². The highest BCUT2D eigenvalue weighted by atomic mass is 127. The van der Waals surface area contributed by atoms with E-state index in [2.05, 4.69) is 66.6 Å². The first-order valence-electron chi connectivity index (χ1n) is 4.53. The molecule has 3 heterocycles. The molecule has 0 amide bonds. The molecular weight excluding hydrogens is 369 g/mol. The number of rotatable bonds is 2. The molecule has 13 nitrogen and oxygen atoms in total. The van der Waals surface area contributed by atoms with Gasteiger partial charge in [-0.05, 0) is 31.3 Å². The molecule has 3 rings (SSSR count). The zero-order valence-corrected chi connectivity index (χ0v) is 10.8. The van der Waals surface area contributed by atoms with Crippen molar-refractivity contribution in [2.75, 3.05) is 0 Å². The van der Waals surface area contributed by atoms with Crippen molar-refractivity contribution in [1.82, 2.24) is 66.6 Å². The van der Waals surface area contributed by atoms with Gasteiger partial charge in [-0.1, -0.05) is 0 Å². The van der Waals surface area contributed by atoms with Crippen molar-refractivity contribution < 1.29 is 0 Å². The summed E-state index contributed by atoms with van der Waals surface area (Å²) in [5, 5.41) is 34.5. The van der Waals surface area contributed by atoms with Crippen molar-refractivity contribution in [3.05, 3.63) is 3.83 Å². The van der Waals surface area contributed by atoms with Gasteiger partial charge in [-0.15, -0.1) is 20.4 Å². The summed E-state index contributed by atoms with van der Waals surface area (Å²) < 4.78 is 0.387. The van der Waals surface area contributed by atoms with Crippen molar-refractivity contribution in [1.29, 1.82) is 0 Å². The Hall–Kier alpha value is -2.52. The van der Waals surface area contributed by atoms with Crippen LogP contribution in [0.5, 0.6) is 0 Å². The molecule has 3 aromatic rings. The molecule has 0 saturated carbocycles. The monoisotopic (exact) mass is 369 g/mol. The quantitative estimate of drug-likeness (QED) is 0.445. The lowest BCUT2D eigenvalue weighted by Gasteiger charge is -1.99. The standard InChI is InChI=1S/C5IN13/c6-5-8-1(3-10-14-18-15-11-3)7-2(9-5)4-12-16-19-17-13-4. The van der Waals surface area contributed by atoms with Crippen molar-refractivity contribution in [3.8, 4) is 23.3 Å². The van der Waals surface area contributed by atoms with Gasteiger partial charge in [0.25, 0.3) is 0 Å². The molecule has 0 N–H and O–H groups in total. The maximum atomic E-state index is 4.08. The molecule has 19 heavy (non-hydrogen) atoms. The first-order chi connectivity index (χ1) is 9.33. The summed E-state index contributed by atoms with van der Waals surface area (Å²) in [4.78, 5) is 12.2. The Morgan fingerprint density at radius 1 is 0.474 bits per heavy atom. The summed E-state index contributed by atoms with van der Waals surface area (Å²) in [7, 11) is 0. The SMILES string of the molecule is Ic1nc(-c2nnnnn2)nc(-c2nnnnn2)n1. The smallest absolute Gasteiger partial charge is 0.201 e. The highest BCUT2D eigenvalue weighted by Gasteiger charge is 2.14. The average Bonchev–Trinajstić information content (AvgIpc) is 2.48. The Bertz CT molecular complexity index is 630. The summed E-state index contributed by atoms with van der Waals surface area (Å²) >= 11 is 1.90. The van der Waals surface area contributed by atoms with Crippen LogP contribution in [0.4, 0.5) is 0 Å². The largest absolute Gasteiger partial charge is 0.244 e. The van der Waals surface area contributed by atoms with Gasteiger partial charge in [-0.2, -0.15) is 9.97 Å². The molecule has 14 heteroatoms. The maximum Gasteiger partial charge on any atom is 0.244 e. The summed E-state index contributed by atoms with van der Waals surface area (Å²) in [5.41, 5.74) is 0. The average molecular weight is 369 g/mol. The highest BCUT2D eigenvalue weighted by Crippen LogP contribution is 2.13. The Balaban J connectivity index is 2.12. The summed E-state index contributed by atoms with van der Waals surface area (Å²) in [6.45, 7) is 0. The molecule has 0 unspecified atom stereocenters. The zero-order valence-electron chi connectivity index (χ0n) is 8.69. The topological polar surface area (TPSA) is 168 Å². The van der Waals surface area contributed by atoms with Gasteiger partial charge >= 0.3 is 0 Å². The number of nitrogens with zero attached hydrogens (tertiary/aromatic N) is 13. The second-order valence-corrected chi connectivity index (χ2v) is 3.80. The predicted molar refractivity (Wildman–Crippen MR) is 61.4 cm³/mol. The van der Waals surface area contributed by atoms with Crippen LogP contribution < -0.4 is 0 Å². The Labute approximate surface area is 116 Å². The minimum atomic E-state index is 0.103. The lowest BCUT2D eigenvalue weighted by Crippen LogP contribution is -2.07. The molecule has 92 valence electrons. The van der Waals surface area contributed by atoms with E-state index in [4.69, 9.17) is 0 Å². The third-order valence-corrected chi connectivity index (χ3v) is 2.21. The molecule has 0 aromatic carbocycles. The molecule has 3 aromatic heterocycles. The highest BCUT2D eigenvalue weighted by molar-refractivity contribution is 14.1. The molecule has 0 spiro atoms. The minimum absolute atomic E-state index is 0.103. The number of hydrogen-bond donors (Lipinski definition) is 0. The summed E-state index contributed by atoms with van der Waals surface area (Å²) in [6.07, 6.45) is 0. The van der Waals surface area contributed by atoms with E-state index in [-0.39, 0.29) is 23.3 Å². The molecule has 0 atom stereocenters. The minimum Gasteiger partial charge on any atom is -0.201 e. The fourth-order valence-electron chi connectivity index (χ4n) is 1.05. The predicted octanol–water partition coefficient (Wildman–Crippen LogP) is -2.24. The Morgan fingerprint density at radius 2 is 0.895 bits per heavy atom. The van der Waals surface area contributed by atoms with Crippen LogP contribution in [0.1, 0.15) is 0 Å². The van der Waals surface area contributed by atoms with Crippen LogP contribution in [0.25, 0.3) is 23.3 Å². The number of aromatic nitrogens is 13. The van der Waals surface area contributed by atoms with E-state index in [1.807, 2.05) is 22.6 Å². The fourth-order valence-corrected chi connectivity index (χ4v) is 1.51. The number of halogens is 1. The van der Waals surface area contributed by atoms with E-state index in [1.54, 1.807) is 0 Å². The van der Waals surface area contributed by atoms with Crippen LogP contribution in [-0.2, 0) is 0 Å². The Morgan fingerprint density at radius 3 is 1.32 bits per heavy atom. The van der Waals surface area contributed by atoms with E-state index < -0.39 is 0 Å². The second kappa shape index (κ2) is 5.00. The van der Waals surface area contributed by atoms with Crippen molar-refractivity contribution in [2.45, 2.75) is 0 Å². The van der Waals surface area contributed by atoms with Gasteiger partial charge in [-0.25, -0.2) is 4.98 Å². The van der Waals surface area contributed by atoms with Gasteiger partial charge < -0.3 is 0 Å². The van der Waals surface area contributed by atoms with Gasteiger partial charge in [0.2, 0.25) is 23.3 Å². The van der Waals surface area contributed by atoms with Crippen LogP contribution >= 0.6 is 22.6 Å². The molecule has 0 fully saturated rings. The first-order valence-corrected chi connectivity index (χ1v) is 5.60. The summed E-state index contributed by atoms with van der Waals surface area (Å²) in [5.74, 6) is 0.535. The third kappa shape index (κ3) is 2.51. The van der Waals surface area contributed by atoms with Gasteiger partial charge in [0.05, 0.1) is 0 Å².